The molecule has 1 nitrogen and oxygen atoms in total. The van der Waals surface area contributed by atoms with E-state index in [4.69, 9.17) is 0 Å². The molecule has 2 aromatic rings. The third-order valence-electron chi connectivity index (χ3n) is 6.25. The Bertz CT molecular complexity index is 773. The van der Waals surface area contributed by atoms with Crippen LogP contribution in [0, 0.1) is 5.92 Å². The van der Waals surface area contributed by atoms with Gasteiger partial charge in [0.15, 0.2) is 0 Å². The van der Waals surface area contributed by atoms with Gasteiger partial charge in [0, 0.05) is 0 Å². The van der Waals surface area contributed by atoms with E-state index in [9.17, 15) is 5.11 Å². The highest BCUT2D eigenvalue weighted by atomic mass is 16.3. The lowest BCUT2D eigenvalue weighted by molar-refractivity contribution is 0.0776. The predicted octanol–water partition coefficient (Wildman–Crippen LogP) is 7.46. The Hall–Kier alpha value is -1.86. The summed E-state index contributed by atoms with van der Waals surface area (Å²) >= 11 is 0. The molecule has 0 spiro atoms. The second-order valence-electron chi connectivity index (χ2n) is 9.28. The van der Waals surface area contributed by atoms with Gasteiger partial charge in [-0.05, 0) is 74.1 Å². The quantitative estimate of drug-likeness (QED) is 0.520. The van der Waals surface area contributed by atoms with Gasteiger partial charge in [-0.3, -0.25) is 0 Å². The maximum absolute atomic E-state index is 10.4. The van der Waals surface area contributed by atoms with Gasteiger partial charge in [-0.25, -0.2) is 0 Å². The number of aryl methyl sites for hydroxylation is 2. The van der Waals surface area contributed by atoms with E-state index >= 15 is 0 Å². The van der Waals surface area contributed by atoms with Gasteiger partial charge in [0.1, 0.15) is 0 Å². The van der Waals surface area contributed by atoms with Crippen molar-refractivity contribution in [1.29, 1.82) is 0 Å². The van der Waals surface area contributed by atoms with Crippen molar-refractivity contribution in [2.75, 3.05) is 0 Å². The zero-order chi connectivity index (χ0) is 20.5. The van der Waals surface area contributed by atoms with E-state index in [1.54, 1.807) is 0 Å². The van der Waals surface area contributed by atoms with E-state index in [1.165, 1.54) is 61.6 Å². The minimum Gasteiger partial charge on any atom is -0.386 e. The van der Waals surface area contributed by atoms with Crippen LogP contribution in [0.25, 0.3) is 6.08 Å². The summed E-state index contributed by atoms with van der Waals surface area (Å²) in [6.45, 7) is 3.75. The fourth-order valence-corrected chi connectivity index (χ4v) is 4.60. The molecule has 0 bridgehead atoms. The normalized spacial score (nSPS) is 16.7. The Kier molecular flexibility index (Phi) is 8.12. The molecule has 1 heteroatoms. The minimum absolute atomic E-state index is 0.761. The van der Waals surface area contributed by atoms with Crippen LogP contribution in [0.2, 0.25) is 0 Å². The average molecular weight is 391 g/mol. The second kappa shape index (κ2) is 10.8. The van der Waals surface area contributed by atoms with Gasteiger partial charge in [0.2, 0.25) is 0 Å². The zero-order valence-corrected chi connectivity index (χ0v) is 18.4. The highest BCUT2D eigenvalue weighted by Crippen LogP contribution is 2.26. The van der Waals surface area contributed by atoms with Crippen molar-refractivity contribution in [2.24, 2.45) is 5.92 Å². The molecule has 1 N–H and O–H groups in total. The Labute approximate surface area is 177 Å². The monoisotopic (exact) mass is 390 g/mol. The molecule has 3 rings (SSSR count). The third kappa shape index (κ3) is 7.16. The summed E-state index contributed by atoms with van der Waals surface area (Å²) in [7, 11) is 0. The first kappa shape index (κ1) is 21.8. The molecular formula is C28H38O. The molecule has 29 heavy (non-hydrogen) atoms. The van der Waals surface area contributed by atoms with Crippen LogP contribution in [0.3, 0.4) is 0 Å². The summed E-state index contributed by atoms with van der Waals surface area (Å²) in [6.07, 6.45) is 17.7. The van der Waals surface area contributed by atoms with Crippen LogP contribution in [0.1, 0.15) is 87.5 Å². The summed E-state index contributed by atoms with van der Waals surface area (Å²) in [4.78, 5) is 0. The van der Waals surface area contributed by atoms with Crippen LogP contribution >= 0.6 is 0 Å². The number of allylic oxidation sites excluding steroid dienone is 1. The Morgan fingerprint density at radius 2 is 1.62 bits per heavy atom. The van der Waals surface area contributed by atoms with Crippen LogP contribution < -0.4 is 0 Å². The molecule has 1 aliphatic carbocycles. The molecule has 1 fully saturated rings. The van der Waals surface area contributed by atoms with Crippen molar-refractivity contribution < 1.29 is 5.11 Å². The van der Waals surface area contributed by atoms with Gasteiger partial charge >= 0.3 is 0 Å². The molecule has 0 heterocycles. The molecule has 0 aliphatic heterocycles. The SMILES string of the molecule is CC(C)(O)c1ccccc1CCCc1cccc(/C=C/C2CCCCCCC2)c1. The predicted molar refractivity (Wildman–Crippen MR) is 125 cm³/mol. The highest BCUT2D eigenvalue weighted by molar-refractivity contribution is 5.50. The molecule has 0 unspecified atom stereocenters. The topological polar surface area (TPSA) is 20.2 Å². The summed E-state index contributed by atoms with van der Waals surface area (Å²) in [5.74, 6) is 0.761. The first-order chi connectivity index (χ1) is 14.0. The number of benzene rings is 2. The maximum atomic E-state index is 10.4. The van der Waals surface area contributed by atoms with Gasteiger partial charge in [-0.1, -0.05) is 92.8 Å². The number of aliphatic hydroxyl groups is 1. The fraction of sp³-hybridized carbons (Fsp3) is 0.500. The molecule has 1 saturated carbocycles. The van der Waals surface area contributed by atoms with Crippen molar-refractivity contribution in [3.63, 3.8) is 0 Å². The van der Waals surface area contributed by atoms with Crippen molar-refractivity contribution in [2.45, 2.75) is 83.7 Å². The van der Waals surface area contributed by atoms with E-state index in [0.29, 0.717) is 0 Å². The molecule has 0 radical (unpaired) electrons. The molecule has 1 aliphatic rings. The van der Waals surface area contributed by atoms with Crippen LogP contribution in [0.15, 0.2) is 54.6 Å². The van der Waals surface area contributed by atoms with Crippen LogP contribution in [0.5, 0.6) is 0 Å². The Morgan fingerprint density at radius 3 is 2.38 bits per heavy atom. The van der Waals surface area contributed by atoms with Gasteiger partial charge in [0.05, 0.1) is 5.60 Å². The second-order valence-corrected chi connectivity index (χ2v) is 9.28. The lowest BCUT2D eigenvalue weighted by Gasteiger charge is -2.21. The molecule has 156 valence electrons. The summed E-state index contributed by atoms with van der Waals surface area (Å²) in [5, 5.41) is 10.4. The Morgan fingerprint density at radius 1 is 0.897 bits per heavy atom. The minimum atomic E-state index is -0.779. The van der Waals surface area contributed by atoms with Gasteiger partial charge in [-0.15, -0.1) is 0 Å². The number of rotatable bonds is 7. The zero-order valence-electron chi connectivity index (χ0n) is 18.4. The molecule has 0 amide bonds. The molecular weight excluding hydrogens is 352 g/mol. The van der Waals surface area contributed by atoms with E-state index in [-0.39, 0.29) is 0 Å². The van der Waals surface area contributed by atoms with Crippen molar-refractivity contribution in [1.82, 2.24) is 0 Å². The van der Waals surface area contributed by atoms with Crippen LogP contribution in [0.4, 0.5) is 0 Å². The average Bonchev–Trinajstić information content (AvgIpc) is 2.67. The first-order valence-corrected chi connectivity index (χ1v) is 11.6. The maximum Gasteiger partial charge on any atom is 0.0843 e. The molecule has 0 aromatic heterocycles. The van der Waals surface area contributed by atoms with Crippen LogP contribution in [-0.2, 0) is 18.4 Å². The van der Waals surface area contributed by atoms with E-state index in [1.807, 2.05) is 19.9 Å². The van der Waals surface area contributed by atoms with E-state index in [2.05, 4.69) is 54.6 Å². The van der Waals surface area contributed by atoms with Crippen LogP contribution in [-0.4, -0.2) is 5.11 Å². The summed E-state index contributed by atoms with van der Waals surface area (Å²) < 4.78 is 0. The van der Waals surface area contributed by atoms with Gasteiger partial charge in [0.25, 0.3) is 0 Å². The van der Waals surface area contributed by atoms with Gasteiger partial charge < -0.3 is 5.11 Å². The number of hydrogen-bond acceptors (Lipinski definition) is 1. The lowest BCUT2D eigenvalue weighted by Crippen LogP contribution is -2.18. The van der Waals surface area contributed by atoms with Gasteiger partial charge in [-0.2, -0.15) is 0 Å². The molecule has 0 saturated heterocycles. The van der Waals surface area contributed by atoms with Crippen molar-refractivity contribution in [3.8, 4) is 0 Å². The van der Waals surface area contributed by atoms with Crippen molar-refractivity contribution in [3.05, 3.63) is 76.9 Å². The third-order valence-corrected chi connectivity index (χ3v) is 6.25. The number of hydrogen-bond donors (Lipinski definition) is 1. The fourth-order valence-electron chi connectivity index (χ4n) is 4.60. The lowest BCUT2D eigenvalue weighted by atomic mass is 9.90. The summed E-state index contributed by atoms with van der Waals surface area (Å²) in [6, 6.07) is 17.3. The summed E-state index contributed by atoms with van der Waals surface area (Å²) in [5.41, 5.74) is 4.28. The van der Waals surface area contributed by atoms with E-state index in [0.717, 1.165) is 30.7 Å². The molecule has 0 atom stereocenters. The smallest absolute Gasteiger partial charge is 0.0843 e. The first-order valence-electron chi connectivity index (χ1n) is 11.6. The Balaban J connectivity index is 1.56. The largest absolute Gasteiger partial charge is 0.386 e. The molecule has 2 aromatic carbocycles. The van der Waals surface area contributed by atoms with E-state index < -0.39 is 5.60 Å². The highest BCUT2D eigenvalue weighted by Gasteiger charge is 2.18. The standard InChI is InChI=1S/C28H38O/c1-28(2,29)27-19-9-8-17-26(27)18-11-16-24-14-10-15-25(22-24)21-20-23-12-6-4-3-5-7-13-23/h8-10,14-15,17,19-23,29H,3-7,11-13,16,18H2,1-2H3/b21-20+. The van der Waals surface area contributed by atoms with Crippen molar-refractivity contribution >= 4 is 6.08 Å².